The number of hydrogen-bond acceptors (Lipinski definition) is 4. The summed E-state index contributed by atoms with van der Waals surface area (Å²) in [5.74, 6) is 0.738. The molecule has 0 aromatic heterocycles. The van der Waals surface area contributed by atoms with Crippen molar-refractivity contribution in [3.05, 3.63) is 29.3 Å². The lowest BCUT2D eigenvalue weighted by Crippen LogP contribution is -2.41. The number of aryl methyl sites for hydroxylation is 2. The minimum Gasteiger partial charge on any atom is -0.490 e. The molecule has 1 amide bonds. The lowest BCUT2D eigenvalue weighted by molar-refractivity contribution is -0.120. The van der Waals surface area contributed by atoms with Crippen LogP contribution in [0.5, 0.6) is 5.75 Å². The largest absolute Gasteiger partial charge is 0.490 e. The van der Waals surface area contributed by atoms with E-state index in [1.54, 1.807) is 0 Å². The lowest BCUT2D eigenvalue weighted by Gasteiger charge is -2.16. The number of aliphatic hydroxyl groups is 1. The van der Waals surface area contributed by atoms with Crippen LogP contribution in [0.3, 0.4) is 0 Å². The molecular formula is C16H26N2O3. The molecule has 118 valence electrons. The summed E-state index contributed by atoms with van der Waals surface area (Å²) >= 11 is 0. The van der Waals surface area contributed by atoms with Crippen LogP contribution in [0.1, 0.15) is 25.0 Å². The van der Waals surface area contributed by atoms with Gasteiger partial charge in [0.05, 0.1) is 6.54 Å². The average molecular weight is 294 g/mol. The Hall–Kier alpha value is -1.59. The standard InChI is InChI=1S/C16H26N2O3/c1-11(2)18-15(20)9-17-8-14(19)10-21-16-12(3)6-5-7-13(16)4/h5-7,11,14,17,19H,8-10H2,1-4H3,(H,18,20). The van der Waals surface area contributed by atoms with E-state index in [0.29, 0.717) is 6.54 Å². The van der Waals surface area contributed by atoms with Gasteiger partial charge in [0.2, 0.25) is 5.91 Å². The zero-order chi connectivity index (χ0) is 15.8. The summed E-state index contributed by atoms with van der Waals surface area (Å²) in [6.07, 6.45) is -0.657. The fourth-order valence-corrected chi connectivity index (χ4v) is 1.99. The first-order valence-corrected chi connectivity index (χ1v) is 7.27. The van der Waals surface area contributed by atoms with Gasteiger partial charge in [-0.15, -0.1) is 0 Å². The number of hydrogen-bond donors (Lipinski definition) is 3. The highest BCUT2D eigenvalue weighted by molar-refractivity contribution is 5.78. The third-order valence-corrected chi connectivity index (χ3v) is 2.94. The van der Waals surface area contributed by atoms with Gasteiger partial charge in [-0.05, 0) is 38.8 Å². The van der Waals surface area contributed by atoms with E-state index >= 15 is 0 Å². The summed E-state index contributed by atoms with van der Waals surface area (Å²) < 4.78 is 5.66. The molecule has 3 N–H and O–H groups in total. The van der Waals surface area contributed by atoms with Crippen LogP contribution in [0, 0.1) is 13.8 Å². The predicted molar refractivity (Wildman–Crippen MR) is 83.6 cm³/mol. The number of rotatable bonds is 8. The number of amides is 1. The van der Waals surface area contributed by atoms with E-state index in [4.69, 9.17) is 4.74 Å². The normalized spacial score (nSPS) is 12.3. The van der Waals surface area contributed by atoms with Gasteiger partial charge in [-0.1, -0.05) is 18.2 Å². The molecule has 0 saturated carbocycles. The van der Waals surface area contributed by atoms with Gasteiger partial charge in [-0.25, -0.2) is 0 Å². The molecular weight excluding hydrogens is 268 g/mol. The summed E-state index contributed by atoms with van der Waals surface area (Å²) in [4.78, 5) is 11.4. The number of ether oxygens (including phenoxy) is 1. The molecule has 0 aliphatic carbocycles. The highest BCUT2D eigenvalue weighted by Crippen LogP contribution is 2.22. The monoisotopic (exact) mass is 294 g/mol. The van der Waals surface area contributed by atoms with Gasteiger partial charge in [-0.2, -0.15) is 0 Å². The molecule has 1 rings (SSSR count). The molecule has 0 heterocycles. The van der Waals surface area contributed by atoms with Crippen molar-refractivity contribution in [3.8, 4) is 5.75 Å². The number of benzene rings is 1. The second-order valence-corrected chi connectivity index (χ2v) is 5.54. The van der Waals surface area contributed by atoms with E-state index in [2.05, 4.69) is 10.6 Å². The number of nitrogens with one attached hydrogen (secondary N) is 2. The Bertz CT molecular complexity index is 441. The van der Waals surface area contributed by atoms with Crippen LogP contribution >= 0.6 is 0 Å². The van der Waals surface area contributed by atoms with Gasteiger partial charge in [0.25, 0.3) is 0 Å². The third kappa shape index (κ3) is 6.60. The number of carbonyl (C=O) groups excluding carboxylic acids is 1. The van der Waals surface area contributed by atoms with E-state index in [1.807, 2.05) is 45.9 Å². The molecule has 21 heavy (non-hydrogen) atoms. The van der Waals surface area contributed by atoms with Crippen molar-refractivity contribution in [1.82, 2.24) is 10.6 Å². The fourth-order valence-electron chi connectivity index (χ4n) is 1.99. The molecule has 1 atom stereocenters. The van der Waals surface area contributed by atoms with Crippen molar-refractivity contribution in [2.75, 3.05) is 19.7 Å². The summed E-state index contributed by atoms with van der Waals surface area (Å²) in [5, 5.41) is 15.6. The van der Waals surface area contributed by atoms with Crippen LogP contribution in [0.15, 0.2) is 18.2 Å². The van der Waals surface area contributed by atoms with Gasteiger partial charge in [0, 0.05) is 12.6 Å². The Morgan fingerprint density at radius 2 is 1.90 bits per heavy atom. The van der Waals surface area contributed by atoms with Crippen molar-refractivity contribution in [1.29, 1.82) is 0 Å². The number of para-hydroxylation sites is 1. The first-order valence-electron chi connectivity index (χ1n) is 7.27. The van der Waals surface area contributed by atoms with Crippen LogP contribution in [0.2, 0.25) is 0 Å². The number of carbonyl (C=O) groups is 1. The minimum absolute atomic E-state index is 0.0760. The topological polar surface area (TPSA) is 70.6 Å². The summed E-state index contributed by atoms with van der Waals surface area (Å²) in [7, 11) is 0. The van der Waals surface area contributed by atoms with Crippen molar-refractivity contribution in [2.45, 2.75) is 39.8 Å². The maximum absolute atomic E-state index is 11.4. The molecule has 0 aliphatic rings. The van der Waals surface area contributed by atoms with Crippen LogP contribution < -0.4 is 15.4 Å². The van der Waals surface area contributed by atoms with Crippen molar-refractivity contribution >= 4 is 5.91 Å². The second kappa shape index (κ2) is 8.64. The van der Waals surface area contributed by atoms with Gasteiger partial charge in [0.1, 0.15) is 18.5 Å². The number of aliphatic hydroxyl groups excluding tert-OH is 1. The average Bonchev–Trinajstić information content (AvgIpc) is 2.37. The molecule has 5 nitrogen and oxygen atoms in total. The second-order valence-electron chi connectivity index (χ2n) is 5.54. The Kier molecular flexibility index (Phi) is 7.19. The Labute approximate surface area is 126 Å². The smallest absolute Gasteiger partial charge is 0.234 e. The minimum atomic E-state index is -0.657. The highest BCUT2D eigenvalue weighted by atomic mass is 16.5. The maximum atomic E-state index is 11.4. The van der Waals surface area contributed by atoms with Gasteiger partial charge in [0.15, 0.2) is 0 Å². The van der Waals surface area contributed by atoms with Crippen LogP contribution in [0.4, 0.5) is 0 Å². The molecule has 0 radical (unpaired) electrons. The quantitative estimate of drug-likeness (QED) is 0.673. The Morgan fingerprint density at radius 3 is 2.48 bits per heavy atom. The van der Waals surface area contributed by atoms with E-state index in [0.717, 1.165) is 16.9 Å². The molecule has 0 aliphatic heterocycles. The van der Waals surface area contributed by atoms with Crippen LogP contribution in [0.25, 0.3) is 0 Å². The first-order chi connectivity index (χ1) is 9.90. The lowest BCUT2D eigenvalue weighted by atomic mass is 10.1. The molecule has 0 bridgehead atoms. The zero-order valence-corrected chi connectivity index (χ0v) is 13.3. The van der Waals surface area contributed by atoms with Gasteiger partial charge < -0.3 is 20.5 Å². The molecule has 5 heteroatoms. The Balaban J connectivity index is 2.28. The van der Waals surface area contributed by atoms with Crippen molar-refractivity contribution in [3.63, 3.8) is 0 Å². The van der Waals surface area contributed by atoms with E-state index < -0.39 is 6.10 Å². The molecule has 1 aromatic carbocycles. The maximum Gasteiger partial charge on any atom is 0.234 e. The van der Waals surface area contributed by atoms with E-state index in [1.165, 1.54) is 0 Å². The van der Waals surface area contributed by atoms with Crippen LogP contribution in [-0.2, 0) is 4.79 Å². The summed E-state index contributed by atoms with van der Waals surface area (Å²) in [5.41, 5.74) is 2.10. The van der Waals surface area contributed by atoms with Crippen molar-refractivity contribution < 1.29 is 14.6 Å². The molecule has 0 saturated heterocycles. The fraction of sp³-hybridized carbons (Fsp3) is 0.562. The van der Waals surface area contributed by atoms with E-state index in [-0.39, 0.29) is 25.1 Å². The first kappa shape index (κ1) is 17.5. The van der Waals surface area contributed by atoms with Gasteiger partial charge in [-0.3, -0.25) is 4.79 Å². The predicted octanol–water partition coefficient (Wildman–Crippen LogP) is 1.16. The summed E-state index contributed by atoms with van der Waals surface area (Å²) in [6, 6.07) is 6.05. The van der Waals surface area contributed by atoms with Crippen LogP contribution in [-0.4, -0.2) is 42.9 Å². The van der Waals surface area contributed by atoms with Crippen molar-refractivity contribution in [2.24, 2.45) is 0 Å². The van der Waals surface area contributed by atoms with Gasteiger partial charge >= 0.3 is 0 Å². The molecule has 0 fully saturated rings. The molecule has 0 spiro atoms. The molecule has 1 unspecified atom stereocenters. The third-order valence-electron chi connectivity index (χ3n) is 2.94. The SMILES string of the molecule is Cc1cccc(C)c1OCC(O)CNCC(=O)NC(C)C. The summed E-state index contributed by atoms with van der Waals surface area (Å²) in [6.45, 7) is 8.47. The van der Waals surface area contributed by atoms with E-state index in [9.17, 15) is 9.90 Å². The molecule has 1 aromatic rings. The highest BCUT2D eigenvalue weighted by Gasteiger charge is 2.09. The Morgan fingerprint density at radius 1 is 1.29 bits per heavy atom. The zero-order valence-electron chi connectivity index (χ0n) is 13.3.